The highest BCUT2D eigenvalue weighted by Crippen LogP contribution is 2.26. The van der Waals surface area contributed by atoms with Gasteiger partial charge in [0.1, 0.15) is 0 Å². The summed E-state index contributed by atoms with van der Waals surface area (Å²) < 4.78 is 0. The second-order valence-corrected chi connectivity index (χ2v) is 7.75. The topological polar surface area (TPSA) is 60.8 Å². The van der Waals surface area contributed by atoms with E-state index in [9.17, 15) is 9.90 Å². The van der Waals surface area contributed by atoms with E-state index in [1.54, 1.807) is 0 Å². The summed E-state index contributed by atoms with van der Waals surface area (Å²) in [5.74, 6) is -0.729. The van der Waals surface area contributed by atoms with Crippen molar-refractivity contribution in [1.29, 1.82) is 0 Å². The number of carboxylic acids is 1. The van der Waals surface area contributed by atoms with Crippen LogP contribution >= 0.6 is 11.6 Å². The third-order valence-electron chi connectivity index (χ3n) is 5.01. The average Bonchev–Trinajstić information content (AvgIpc) is 2.91. The van der Waals surface area contributed by atoms with Crippen LogP contribution in [0.25, 0.3) is 0 Å². The highest BCUT2D eigenvalue weighted by molar-refractivity contribution is 6.21. The summed E-state index contributed by atoms with van der Waals surface area (Å²) in [5, 5.41) is 18.9. The van der Waals surface area contributed by atoms with Gasteiger partial charge in [0.05, 0.1) is 11.5 Å². The van der Waals surface area contributed by atoms with Gasteiger partial charge in [0, 0.05) is 12.5 Å². The van der Waals surface area contributed by atoms with Crippen molar-refractivity contribution in [2.45, 2.75) is 95.1 Å². The molecule has 4 nitrogen and oxygen atoms in total. The van der Waals surface area contributed by atoms with E-state index in [1.807, 2.05) is 0 Å². The molecule has 0 saturated carbocycles. The lowest BCUT2D eigenvalue weighted by atomic mass is 10.1. The van der Waals surface area contributed by atoms with E-state index in [0.717, 1.165) is 58.0 Å². The summed E-state index contributed by atoms with van der Waals surface area (Å²) in [6.07, 6.45) is 14.1. The minimum absolute atomic E-state index is 0.159. The molecule has 0 bridgehead atoms. The number of halogens is 1. The lowest BCUT2D eigenvalue weighted by Crippen LogP contribution is -2.34. The number of aliphatic hydroxyl groups is 1. The van der Waals surface area contributed by atoms with E-state index in [4.69, 9.17) is 16.7 Å². The Morgan fingerprint density at radius 1 is 1.24 bits per heavy atom. The largest absolute Gasteiger partial charge is 0.481 e. The number of alkyl halides is 1. The summed E-state index contributed by atoms with van der Waals surface area (Å²) in [5.41, 5.74) is 0. The lowest BCUT2D eigenvalue weighted by molar-refractivity contribution is -0.137. The molecule has 5 heteroatoms. The molecule has 3 atom stereocenters. The van der Waals surface area contributed by atoms with Gasteiger partial charge in [0.15, 0.2) is 0 Å². The van der Waals surface area contributed by atoms with Crippen LogP contribution in [-0.2, 0) is 4.79 Å². The van der Waals surface area contributed by atoms with E-state index < -0.39 is 5.97 Å². The quantitative estimate of drug-likeness (QED) is 0.265. The van der Waals surface area contributed by atoms with E-state index in [2.05, 4.69) is 24.0 Å². The molecule has 0 amide bonds. The van der Waals surface area contributed by atoms with E-state index >= 15 is 0 Å². The number of hydrogen-bond donors (Lipinski definition) is 2. The smallest absolute Gasteiger partial charge is 0.303 e. The Morgan fingerprint density at radius 3 is 2.72 bits per heavy atom. The SMILES string of the molecule is CCCCC[C@@H](O)CCCN1CCC(Cl)[C@@H]1C/C=C\CCCC(=O)O. The molecule has 0 aliphatic carbocycles. The monoisotopic (exact) mass is 373 g/mol. The number of aliphatic hydroxyl groups excluding tert-OH is 1. The second-order valence-electron chi connectivity index (χ2n) is 7.19. The number of carbonyl (C=O) groups is 1. The Labute approximate surface area is 158 Å². The van der Waals surface area contributed by atoms with Gasteiger partial charge in [0.2, 0.25) is 0 Å². The summed E-state index contributed by atoms with van der Waals surface area (Å²) >= 11 is 6.48. The molecule has 2 N–H and O–H groups in total. The normalized spacial score (nSPS) is 22.7. The van der Waals surface area contributed by atoms with Crippen LogP contribution < -0.4 is 0 Å². The van der Waals surface area contributed by atoms with Crippen LogP contribution in [0, 0.1) is 0 Å². The molecule has 0 aromatic rings. The Kier molecular flexibility index (Phi) is 12.2. The number of rotatable bonds is 14. The van der Waals surface area contributed by atoms with Gasteiger partial charge in [-0.05, 0) is 58.0 Å². The number of aliphatic carboxylic acids is 1. The zero-order valence-electron chi connectivity index (χ0n) is 15.7. The van der Waals surface area contributed by atoms with Gasteiger partial charge in [-0.25, -0.2) is 0 Å². The van der Waals surface area contributed by atoms with Crippen LogP contribution in [-0.4, -0.2) is 51.7 Å². The standard InChI is InChI=1S/C20H36ClNO3/c1-2-3-6-10-17(23)11-9-15-22-16-14-18(21)19(22)12-7-4-5-8-13-20(24)25/h4,7,17-19,23H,2-3,5-6,8-16H2,1H3,(H,24,25)/b7-4-/t17-,18?,19+/m1/s1. The van der Waals surface area contributed by atoms with Crippen molar-refractivity contribution in [2.24, 2.45) is 0 Å². The predicted octanol–water partition coefficient (Wildman–Crippen LogP) is 4.59. The number of allylic oxidation sites excluding steroid dienone is 1. The minimum Gasteiger partial charge on any atom is -0.481 e. The maximum Gasteiger partial charge on any atom is 0.303 e. The van der Waals surface area contributed by atoms with Gasteiger partial charge in [-0.15, -0.1) is 11.6 Å². The zero-order chi connectivity index (χ0) is 18.5. The third kappa shape index (κ3) is 10.2. The molecule has 0 aromatic carbocycles. The molecule has 1 fully saturated rings. The third-order valence-corrected chi connectivity index (χ3v) is 5.52. The number of likely N-dealkylation sites (tertiary alicyclic amines) is 1. The van der Waals surface area contributed by atoms with E-state index in [1.165, 1.54) is 12.8 Å². The van der Waals surface area contributed by atoms with E-state index in [0.29, 0.717) is 12.5 Å². The highest BCUT2D eigenvalue weighted by Gasteiger charge is 2.31. The average molecular weight is 374 g/mol. The molecule has 1 heterocycles. The molecule has 1 rings (SSSR count). The minimum atomic E-state index is -0.729. The maximum absolute atomic E-state index is 10.5. The van der Waals surface area contributed by atoms with Crippen LogP contribution in [0.15, 0.2) is 12.2 Å². The van der Waals surface area contributed by atoms with Gasteiger partial charge in [-0.3, -0.25) is 9.69 Å². The van der Waals surface area contributed by atoms with Gasteiger partial charge >= 0.3 is 5.97 Å². The first kappa shape index (κ1) is 22.5. The zero-order valence-corrected chi connectivity index (χ0v) is 16.5. The molecule has 25 heavy (non-hydrogen) atoms. The van der Waals surface area contributed by atoms with Crippen molar-refractivity contribution in [3.05, 3.63) is 12.2 Å². The lowest BCUT2D eigenvalue weighted by Gasteiger charge is -2.25. The first-order valence-corrected chi connectivity index (χ1v) is 10.4. The molecule has 0 spiro atoms. The maximum atomic E-state index is 10.5. The van der Waals surface area contributed by atoms with Crippen molar-refractivity contribution < 1.29 is 15.0 Å². The van der Waals surface area contributed by atoms with E-state index in [-0.39, 0.29) is 17.9 Å². The summed E-state index contributed by atoms with van der Waals surface area (Å²) in [4.78, 5) is 12.9. The van der Waals surface area contributed by atoms with Crippen molar-refractivity contribution in [3.63, 3.8) is 0 Å². The first-order chi connectivity index (χ1) is 12.0. The number of carboxylic acid groups (broad SMARTS) is 1. The molecule has 0 radical (unpaired) electrons. The summed E-state index contributed by atoms with van der Waals surface area (Å²) in [6, 6.07) is 0.370. The molecular weight excluding hydrogens is 338 g/mol. The summed E-state index contributed by atoms with van der Waals surface area (Å²) in [7, 11) is 0. The van der Waals surface area contributed by atoms with Crippen molar-refractivity contribution in [2.75, 3.05) is 13.1 Å². The Hall–Kier alpha value is -0.580. The highest BCUT2D eigenvalue weighted by atomic mass is 35.5. The van der Waals surface area contributed by atoms with Crippen molar-refractivity contribution in [1.82, 2.24) is 4.90 Å². The van der Waals surface area contributed by atoms with Crippen LogP contribution in [0.1, 0.15) is 77.6 Å². The predicted molar refractivity (Wildman–Crippen MR) is 104 cm³/mol. The molecule has 0 aromatic heterocycles. The fourth-order valence-electron chi connectivity index (χ4n) is 3.48. The van der Waals surface area contributed by atoms with Gasteiger partial charge in [-0.2, -0.15) is 0 Å². The number of hydrogen-bond acceptors (Lipinski definition) is 3. The van der Waals surface area contributed by atoms with Gasteiger partial charge < -0.3 is 10.2 Å². The van der Waals surface area contributed by atoms with Crippen molar-refractivity contribution >= 4 is 17.6 Å². The molecular formula is C20H36ClNO3. The molecule has 146 valence electrons. The molecule has 1 aliphatic heterocycles. The van der Waals surface area contributed by atoms with Gasteiger partial charge in [0.25, 0.3) is 0 Å². The Bertz CT molecular complexity index is 389. The summed E-state index contributed by atoms with van der Waals surface area (Å²) in [6.45, 7) is 4.23. The van der Waals surface area contributed by atoms with Crippen molar-refractivity contribution in [3.8, 4) is 0 Å². The molecule has 1 saturated heterocycles. The van der Waals surface area contributed by atoms with Crippen LogP contribution in [0.2, 0.25) is 0 Å². The Balaban J connectivity index is 2.21. The number of unbranched alkanes of at least 4 members (excludes halogenated alkanes) is 3. The van der Waals surface area contributed by atoms with Crippen LogP contribution in [0.5, 0.6) is 0 Å². The van der Waals surface area contributed by atoms with Crippen LogP contribution in [0.3, 0.4) is 0 Å². The second kappa shape index (κ2) is 13.6. The first-order valence-electron chi connectivity index (χ1n) is 9.97. The number of nitrogens with zero attached hydrogens (tertiary/aromatic N) is 1. The fourth-order valence-corrected chi connectivity index (χ4v) is 3.84. The molecule has 1 unspecified atom stereocenters. The van der Waals surface area contributed by atoms with Gasteiger partial charge in [-0.1, -0.05) is 38.3 Å². The van der Waals surface area contributed by atoms with Crippen LogP contribution in [0.4, 0.5) is 0 Å². The fraction of sp³-hybridized carbons (Fsp3) is 0.850. The Morgan fingerprint density at radius 2 is 2.00 bits per heavy atom. The molecule has 1 aliphatic rings.